The number of para-hydroxylation sites is 1. The minimum atomic E-state index is -0.971. The van der Waals surface area contributed by atoms with Crippen molar-refractivity contribution in [1.82, 2.24) is 15.0 Å². The van der Waals surface area contributed by atoms with E-state index in [4.69, 9.17) is 5.73 Å². The number of aromatic nitrogens is 3. The molecule has 0 fully saturated rings. The molecule has 0 unspecified atom stereocenters. The van der Waals surface area contributed by atoms with E-state index in [-0.39, 0.29) is 0 Å². The summed E-state index contributed by atoms with van der Waals surface area (Å²) in [5.41, 5.74) is 9.17. The summed E-state index contributed by atoms with van der Waals surface area (Å²) < 4.78 is 0. The summed E-state index contributed by atoms with van der Waals surface area (Å²) in [5.74, 6) is -0.500. The van der Waals surface area contributed by atoms with Crippen molar-refractivity contribution in [3.05, 3.63) is 66.1 Å². The molecule has 28 heavy (non-hydrogen) atoms. The number of fused-ring (bicyclic) bond motifs is 2. The van der Waals surface area contributed by atoms with Gasteiger partial charge in [0.05, 0.1) is 11.1 Å². The van der Waals surface area contributed by atoms with Crippen molar-refractivity contribution in [2.24, 2.45) is 5.73 Å². The topological polar surface area (TPSA) is 105 Å². The third kappa shape index (κ3) is 3.25. The fourth-order valence-corrected chi connectivity index (χ4v) is 3.30. The van der Waals surface area contributed by atoms with Crippen LogP contribution in [0.15, 0.2) is 55.0 Å². The first kappa shape index (κ1) is 17.9. The molecule has 140 valence electrons. The molecule has 0 atom stereocenters. The number of hydrogen-bond acceptors (Lipinski definition) is 4. The van der Waals surface area contributed by atoms with E-state index in [1.165, 1.54) is 6.08 Å². The Labute approximate surface area is 161 Å². The van der Waals surface area contributed by atoms with Gasteiger partial charge in [-0.3, -0.25) is 9.78 Å². The van der Waals surface area contributed by atoms with Crippen LogP contribution in [-0.4, -0.2) is 26.0 Å². The first-order chi connectivity index (χ1) is 13.3. The second-order valence-corrected chi connectivity index (χ2v) is 7.26. The molecule has 0 aliphatic carbocycles. The molecule has 4 rings (SSSR count). The maximum Gasteiger partial charge on any atom is 0.241 e. The fraction of sp³-hybridized carbons (Fsp3) is 0.136. The quantitative estimate of drug-likeness (QED) is 0.477. The predicted molar refractivity (Wildman–Crippen MR) is 110 cm³/mol. The molecule has 0 aliphatic heterocycles. The predicted octanol–water partition coefficient (Wildman–Crippen LogP) is 3.50. The van der Waals surface area contributed by atoms with Gasteiger partial charge in [-0.05, 0) is 32.1 Å². The number of amides is 1. The number of benzene rings is 1. The minimum Gasteiger partial charge on any atom is -0.386 e. The Morgan fingerprint density at radius 1 is 1.18 bits per heavy atom. The molecular weight excluding hydrogens is 352 g/mol. The van der Waals surface area contributed by atoms with Gasteiger partial charge >= 0.3 is 0 Å². The number of hydrogen-bond donors (Lipinski definition) is 3. The Balaban J connectivity index is 1.82. The molecule has 6 heteroatoms. The monoisotopic (exact) mass is 372 g/mol. The molecule has 1 amide bonds. The summed E-state index contributed by atoms with van der Waals surface area (Å²) in [5, 5.41) is 12.2. The zero-order chi connectivity index (χ0) is 19.9. The van der Waals surface area contributed by atoms with Crippen molar-refractivity contribution in [2.45, 2.75) is 19.4 Å². The number of carbonyl (C=O) groups excluding carboxylic acids is 1. The summed E-state index contributed by atoms with van der Waals surface area (Å²) >= 11 is 0. The number of H-pyrrole nitrogens is 1. The van der Waals surface area contributed by atoms with E-state index < -0.39 is 11.5 Å². The number of pyridine rings is 2. The highest BCUT2D eigenvalue weighted by Gasteiger charge is 2.19. The standard InChI is InChI=1S/C22H20N4O2/c1-22(2,28)18-5-3-4-13-8-15(11-24-20(13)18)16-9-17-14(6-7-19(23)27)10-25-21(17)26-12-16/h3-12,28H,1-2H3,(H2,23,27)(H,25,26)/b7-6+. The van der Waals surface area contributed by atoms with Gasteiger partial charge in [-0.1, -0.05) is 18.2 Å². The number of aliphatic hydroxyl groups is 1. The SMILES string of the molecule is CC(C)(O)c1cccc2cc(-c3cnc4[nH]cc(/C=C/C(N)=O)c4c3)cnc12. The zero-order valence-corrected chi connectivity index (χ0v) is 15.6. The molecule has 6 nitrogen and oxygen atoms in total. The van der Waals surface area contributed by atoms with Crippen LogP contribution in [0.3, 0.4) is 0 Å². The largest absolute Gasteiger partial charge is 0.386 e. The first-order valence-corrected chi connectivity index (χ1v) is 8.89. The van der Waals surface area contributed by atoms with E-state index >= 15 is 0 Å². The maximum atomic E-state index is 11.0. The van der Waals surface area contributed by atoms with Gasteiger partial charge in [0, 0.05) is 57.7 Å². The average Bonchev–Trinajstić information content (AvgIpc) is 3.07. The van der Waals surface area contributed by atoms with Crippen LogP contribution in [0.25, 0.3) is 39.1 Å². The van der Waals surface area contributed by atoms with Crippen LogP contribution in [0.1, 0.15) is 25.0 Å². The summed E-state index contributed by atoms with van der Waals surface area (Å²) in [4.78, 5) is 23.2. The average molecular weight is 372 g/mol. The molecule has 1 aromatic carbocycles. The molecule has 0 spiro atoms. The Bertz CT molecular complexity index is 1230. The number of nitrogens with one attached hydrogen (secondary N) is 1. The Morgan fingerprint density at radius 3 is 2.68 bits per heavy atom. The Morgan fingerprint density at radius 2 is 1.93 bits per heavy atom. The molecule has 0 radical (unpaired) electrons. The molecule has 3 heterocycles. The van der Waals surface area contributed by atoms with Crippen molar-refractivity contribution < 1.29 is 9.90 Å². The second kappa shape index (κ2) is 6.58. The first-order valence-electron chi connectivity index (χ1n) is 8.89. The summed E-state index contributed by atoms with van der Waals surface area (Å²) in [6.45, 7) is 3.50. The lowest BCUT2D eigenvalue weighted by Gasteiger charge is -2.19. The number of rotatable bonds is 4. The molecule has 0 aliphatic rings. The highest BCUT2D eigenvalue weighted by Crippen LogP contribution is 2.31. The fourth-order valence-electron chi connectivity index (χ4n) is 3.30. The maximum absolute atomic E-state index is 11.0. The van der Waals surface area contributed by atoms with E-state index in [0.717, 1.165) is 44.2 Å². The molecule has 4 aromatic rings. The number of nitrogens with two attached hydrogens (primary N) is 1. The van der Waals surface area contributed by atoms with E-state index in [2.05, 4.69) is 15.0 Å². The van der Waals surface area contributed by atoms with E-state index in [0.29, 0.717) is 0 Å². The molecule has 0 bridgehead atoms. The normalized spacial score (nSPS) is 12.2. The summed E-state index contributed by atoms with van der Waals surface area (Å²) in [6.07, 6.45) is 8.34. The number of aromatic amines is 1. The molecule has 0 saturated carbocycles. The number of primary amides is 1. The van der Waals surface area contributed by atoms with Gasteiger partial charge in [0.25, 0.3) is 0 Å². The number of nitrogens with zero attached hydrogens (tertiary/aromatic N) is 2. The lowest BCUT2D eigenvalue weighted by atomic mass is 9.94. The minimum absolute atomic E-state index is 0.500. The van der Waals surface area contributed by atoms with Crippen molar-refractivity contribution >= 4 is 33.9 Å². The second-order valence-electron chi connectivity index (χ2n) is 7.26. The van der Waals surface area contributed by atoms with Gasteiger partial charge < -0.3 is 15.8 Å². The van der Waals surface area contributed by atoms with Gasteiger partial charge in [-0.25, -0.2) is 4.98 Å². The van der Waals surface area contributed by atoms with Crippen LogP contribution in [0.5, 0.6) is 0 Å². The summed E-state index contributed by atoms with van der Waals surface area (Å²) in [7, 11) is 0. The van der Waals surface area contributed by atoms with Crippen molar-refractivity contribution in [1.29, 1.82) is 0 Å². The van der Waals surface area contributed by atoms with Crippen molar-refractivity contribution in [3.8, 4) is 11.1 Å². The van der Waals surface area contributed by atoms with Crippen LogP contribution >= 0.6 is 0 Å². The third-order valence-electron chi connectivity index (χ3n) is 4.69. The molecule has 4 N–H and O–H groups in total. The highest BCUT2D eigenvalue weighted by molar-refractivity contribution is 5.96. The molecule has 3 aromatic heterocycles. The molecular formula is C22H20N4O2. The van der Waals surface area contributed by atoms with Gasteiger partial charge in [0.15, 0.2) is 0 Å². The Hall–Kier alpha value is -3.51. The molecule has 0 saturated heterocycles. The number of carbonyl (C=O) groups is 1. The third-order valence-corrected chi connectivity index (χ3v) is 4.69. The van der Waals surface area contributed by atoms with Crippen molar-refractivity contribution in [2.75, 3.05) is 0 Å². The van der Waals surface area contributed by atoms with Crippen LogP contribution < -0.4 is 5.73 Å². The van der Waals surface area contributed by atoms with E-state index in [9.17, 15) is 9.90 Å². The van der Waals surface area contributed by atoms with Gasteiger partial charge in [-0.2, -0.15) is 0 Å². The van der Waals surface area contributed by atoms with E-state index in [1.807, 2.05) is 30.3 Å². The Kier molecular flexibility index (Phi) is 4.20. The smallest absolute Gasteiger partial charge is 0.241 e. The highest BCUT2D eigenvalue weighted by atomic mass is 16.3. The van der Waals surface area contributed by atoms with Crippen molar-refractivity contribution in [3.63, 3.8) is 0 Å². The van der Waals surface area contributed by atoms with Crippen LogP contribution in [0, 0.1) is 0 Å². The van der Waals surface area contributed by atoms with Gasteiger partial charge in [0.1, 0.15) is 5.65 Å². The lowest BCUT2D eigenvalue weighted by Crippen LogP contribution is -2.16. The van der Waals surface area contributed by atoms with Gasteiger partial charge in [0.2, 0.25) is 5.91 Å². The van der Waals surface area contributed by atoms with Crippen LogP contribution in [0.4, 0.5) is 0 Å². The van der Waals surface area contributed by atoms with Gasteiger partial charge in [-0.15, -0.1) is 0 Å². The van der Waals surface area contributed by atoms with E-state index in [1.54, 1.807) is 38.5 Å². The lowest BCUT2D eigenvalue weighted by molar-refractivity contribution is -0.113. The zero-order valence-electron chi connectivity index (χ0n) is 15.6. The van der Waals surface area contributed by atoms with Crippen LogP contribution in [-0.2, 0) is 10.4 Å². The van der Waals surface area contributed by atoms with Crippen LogP contribution in [0.2, 0.25) is 0 Å². The summed E-state index contributed by atoms with van der Waals surface area (Å²) in [6, 6.07) is 9.82.